The number of unbranched alkanes of at least 4 members (excludes halogenated alkanes) is 1. The number of nitrogens with one attached hydrogen (secondary N) is 8. The molecule has 0 aliphatic rings. The van der Waals surface area contributed by atoms with Crippen LogP contribution in [0.3, 0.4) is 0 Å². The summed E-state index contributed by atoms with van der Waals surface area (Å²) in [7, 11) is 0. The van der Waals surface area contributed by atoms with E-state index in [0.29, 0.717) is 30.8 Å². The molecule has 0 unspecified atom stereocenters. The number of carboxylic acids is 2. The topological polar surface area (TPSA) is 299 Å². The number of nitrogens with two attached hydrogens (primary N) is 1. The van der Waals surface area contributed by atoms with E-state index in [1.165, 1.54) is 13.8 Å². The van der Waals surface area contributed by atoms with Crippen molar-refractivity contribution in [2.75, 3.05) is 44.6 Å². The van der Waals surface area contributed by atoms with Crippen LogP contribution in [0.5, 0.6) is 0 Å². The average Bonchev–Trinajstić information content (AvgIpc) is 3.20. The molecule has 0 radical (unpaired) electrons. The van der Waals surface area contributed by atoms with E-state index in [4.69, 9.17) is 10.8 Å². The number of anilines is 1. The molecule has 2 aromatic rings. The molecular weight excluding hydrogens is 791 g/mol. The van der Waals surface area contributed by atoms with Crippen molar-refractivity contribution in [2.45, 2.75) is 103 Å². The van der Waals surface area contributed by atoms with Crippen LogP contribution in [0.4, 0.5) is 5.69 Å². The summed E-state index contributed by atoms with van der Waals surface area (Å²) in [5.74, 6) is -5.12. The maximum atomic E-state index is 13.9. The Morgan fingerprint density at radius 1 is 0.639 bits per heavy atom. The number of amides is 6. The lowest BCUT2D eigenvalue weighted by molar-refractivity contribution is -0.142. The molecule has 0 aliphatic carbocycles. The zero-order valence-electron chi connectivity index (χ0n) is 35.3. The Morgan fingerprint density at radius 2 is 1.30 bits per heavy atom. The first kappa shape index (κ1) is 51.2. The van der Waals surface area contributed by atoms with Crippen molar-refractivity contribution in [3.8, 4) is 11.1 Å². The van der Waals surface area contributed by atoms with Crippen LogP contribution < -0.4 is 48.3 Å². The van der Waals surface area contributed by atoms with Gasteiger partial charge < -0.3 is 58.5 Å². The van der Waals surface area contributed by atoms with E-state index in [9.17, 15) is 43.5 Å². The molecule has 0 saturated carbocycles. The predicted molar refractivity (Wildman–Crippen MR) is 229 cm³/mol. The smallest absolute Gasteiger partial charge is 0.326 e. The normalized spacial score (nSPS) is 12.8. The zero-order chi connectivity index (χ0) is 45.2. The van der Waals surface area contributed by atoms with Crippen molar-refractivity contribution in [3.63, 3.8) is 0 Å². The molecule has 6 amide bonds. The van der Waals surface area contributed by atoms with Gasteiger partial charge in [-0.2, -0.15) is 0 Å². The predicted octanol–water partition coefficient (Wildman–Crippen LogP) is 0.378. The van der Waals surface area contributed by atoms with Gasteiger partial charge in [-0.25, -0.2) is 4.79 Å². The lowest BCUT2D eigenvalue weighted by atomic mass is 9.99. The van der Waals surface area contributed by atoms with Crippen LogP contribution >= 0.6 is 0 Å². The van der Waals surface area contributed by atoms with Gasteiger partial charge in [0.1, 0.15) is 12.1 Å². The number of hydrogen-bond acceptors (Lipinski definition) is 11. The summed E-state index contributed by atoms with van der Waals surface area (Å²) in [4.78, 5) is 97.4. The summed E-state index contributed by atoms with van der Waals surface area (Å²) in [6.07, 6.45) is 2.61. The van der Waals surface area contributed by atoms with Gasteiger partial charge in [0.15, 0.2) is 0 Å². The third-order valence-corrected chi connectivity index (χ3v) is 9.32. The molecule has 0 aliphatic heterocycles. The van der Waals surface area contributed by atoms with Gasteiger partial charge in [-0.15, -0.1) is 0 Å². The van der Waals surface area contributed by atoms with E-state index < -0.39 is 53.7 Å². The number of aliphatic carboxylic acids is 2. The highest BCUT2D eigenvalue weighted by molar-refractivity contribution is 5.91. The summed E-state index contributed by atoms with van der Waals surface area (Å²) in [6.45, 7) is 5.70. The minimum absolute atomic E-state index is 0.0309. The molecule has 0 heterocycles. The van der Waals surface area contributed by atoms with Crippen molar-refractivity contribution in [2.24, 2.45) is 5.73 Å². The fourth-order valence-corrected chi connectivity index (χ4v) is 6.03. The standard InChI is InChI=1S/C42H63N9O10/c1-4-5-7-32(43)25-44-20-18-34(45-22-23-46-38(55)26-48-27(2)52)41(59)51-36(40(58)47-21-19-35(42(60)61)50-37(54)8-6-9-39(56)57)24-29-10-12-30(13-11-29)31-14-16-33(17-15-31)49-28(3)53/h10-17,32,34-36,44-45H,4-9,18-26,43H2,1-3H3,(H,46,55)(H,47,58)(H,48,52)(H,49,53)(H,50,54)(H,51,59)(H,56,57)(H,60,61)/t32-,34-,35+,36+/m0/s1. The Balaban J connectivity index is 2.25. The van der Waals surface area contributed by atoms with Crippen LogP contribution in [-0.2, 0) is 44.8 Å². The number of benzene rings is 2. The molecule has 4 atom stereocenters. The maximum Gasteiger partial charge on any atom is 0.326 e. The Morgan fingerprint density at radius 3 is 1.90 bits per heavy atom. The summed E-state index contributed by atoms with van der Waals surface area (Å²) in [5.41, 5.74) is 9.31. The van der Waals surface area contributed by atoms with Gasteiger partial charge in [0.2, 0.25) is 35.4 Å². The Kier molecular flexibility index (Phi) is 24.0. The highest BCUT2D eigenvalue weighted by Crippen LogP contribution is 2.22. The molecule has 0 fully saturated rings. The van der Waals surface area contributed by atoms with E-state index >= 15 is 0 Å². The maximum absolute atomic E-state index is 13.9. The number of hydrogen-bond donors (Lipinski definition) is 11. The first-order chi connectivity index (χ1) is 29.1. The third kappa shape index (κ3) is 22.3. The molecule has 19 heteroatoms. The highest BCUT2D eigenvalue weighted by atomic mass is 16.4. The molecule has 2 rings (SSSR count). The van der Waals surface area contributed by atoms with Gasteiger partial charge in [-0.1, -0.05) is 56.2 Å². The Labute approximate surface area is 356 Å². The number of carboxylic acid groups (broad SMARTS) is 2. The van der Waals surface area contributed by atoms with E-state index in [2.05, 4.69) is 49.5 Å². The van der Waals surface area contributed by atoms with Crippen molar-refractivity contribution < 1.29 is 48.6 Å². The van der Waals surface area contributed by atoms with Crippen LogP contribution in [0, 0.1) is 0 Å². The summed E-state index contributed by atoms with van der Waals surface area (Å²) >= 11 is 0. The van der Waals surface area contributed by atoms with E-state index in [-0.39, 0.29) is 76.1 Å². The van der Waals surface area contributed by atoms with Gasteiger partial charge in [0.25, 0.3) is 0 Å². The molecule has 336 valence electrons. The third-order valence-electron chi connectivity index (χ3n) is 9.32. The molecule has 0 aromatic heterocycles. The largest absolute Gasteiger partial charge is 0.481 e. The highest BCUT2D eigenvalue weighted by Gasteiger charge is 2.27. The second-order valence-electron chi connectivity index (χ2n) is 14.7. The monoisotopic (exact) mass is 853 g/mol. The van der Waals surface area contributed by atoms with Crippen molar-refractivity contribution in [1.29, 1.82) is 0 Å². The second kappa shape index (κ2) is 28.5. The minimum Gasteiger partial charge on any atom is -0.481 e. The molecule has 0 bridgehead atoms. The van der Waals surface area contributed by atoms with Crippen molar-refractivity contribution >= 4 is 53.1 Å². The first-order valence-corrected chi connectivity index (χ1v) is 20.6. The molecule has 0 saturated heterocycles. The van der Waals surface area contributed by atoms with Gasteiger partial charge in [-0.05, 0) is 61.1 Å². The second-order valence-corrected chi connectivity index (χ2v) is 14.7. The van der Waals surface area contributed by atoms with Gasteiger partial charge in [0.05, 0.1) is 12.6 Å². The fourth-order valence-electron chi connectivity index (χ4n) is 6.03. The average molecular weight is 854 g/mol. The first-order valence-electron chi connectivity index (χ1n) is 20.6. The number of carbonyl (C=O) groups is 8. The van der Waals surface area contributed by atoms with E-state index in [0.717, 1.165) is 30.4 Å². The van der Waals surface area contributed by atoms with Gasteiger partial charge in [0, 0.05) is 71.0 Å². The molecule has 12 N–H and O–H groups in total. The Bertz CT molecular complexity index is 1740. The van der Waals surface area contributed by atoms with Crippen LogP contribution in [0.1, 0.15) is 77.7 Å². The lowest BCUT2D eigenvalue weighted by Crippen LogP contribution is -2.55. The SMILES string of the molecule is CCCC[C@H](N)CNCC[C@H](NCCNC(=O)CNC(C)=O)C(=O)N[C@H](Cc1ccc(-c2ccc(NC(C)=O)cc2)cc1)C(=O)NCC[C@@H](NC(=O)CCCC(=O)O)C(=O)O. The molecular formula is C42H63N9O10. The van der Waals surface area contributed by atoms with Gasteiger partial charge in [-0.3, -0.25) is 33.6 Å². The minimum atomic E-state index is -1.36. The summed E-state index contributed by atoms with van der Waals surface area (Å²) in [5, 5.41) is 40.7. The van der Waals surface area contributed by atoms with E-state index in [1.54, 1.807) is 12.1 Å². The number of carbonyl (C=O) groups excluding carboxylic acids is 6. The van der Waals surface area contributed by atoms with Crippen LogP contribution in [0.15, 0.2) is 48.5 Å². The van der Waals surface area contributed by atoms with Crippen molar-refractivity contribution in [3.05, 3.63) is 54.1 Å². The van der Waals surface area contributed by atoms with Crippen LogP contribution in [-0.4, -0.2) is 121 Å². The zero-order valence-corrected chi connectivity index (χ0v) is 35.3. The van der Waals surface area contributed by atoms with Crippen LogP contribution in [0.2, 0.25) is 0 Å². The molecule has 19 nitrogen and oxygen atoms in total. The lowest BCUT2D eigenvalue weighted by Gasteiger charge is -2.24. The fraction of sp³-hybridized carbons (Fsp3) is 0.524. The summed E-state index contributed by atoms with van der Waals surface area (Å²) < 4.78 is 0. The van der Waals surface area contributed by atoms with Gasteiger partial charge >= 0.3 is 11.9 Å². The number of rotatable bonds is 30. The Hall–Kier alpha value is -5.92. The quantitative estimate of drug-likeness (QED) is 0.0475. The van der Waals surface area contributed by atoms with Crippen molar-refractivity contribution in [1.82, 2.24) is 37.2 Å². The van der Waals surface area contributed by atoms with E-state index in [1.807, 2.05) is 36.4 Å². The molecule has 61 heavy (non-hydrogen) atoms. The molecule has 2 aromatic carbocycles. The van der Waals surface area contributed by atoms with Crippen LogP contribution in [0.25, 0.3) is 11.1 Å². The molecule has 0 spiro atoms. The summed E-state index contributed by atoms with van der Waals surface area (Å²) in [6, 6.07) is 11.2.